The van der Waals surface area contributed by atoms with Crippen molar-refractivity contribution in [3.8, 4) is 0 Å². The summed E-state index contributed by atoms with van der Waals surface area (Å²) in [5, 5.41) is 3.00. The Hall–Kier alpha value is -1.39. The SMILES string of the molecule is NCCc1cccc(C(=O)NCCCN2CCCC2)c1. The lowest BCUT2D eigenvalue weighted by atomic mass is 10.1. The molecular formula is C16H25N3O. The average molecular weight is 275 g/mol. The number of carbonyl (C=O) groups excluding carboxylic acids is 1. The lowest BCUT2D eigenvalue weighted by molar-refractivity contribution is 0.0952. The van der Waals surface area contributed by atoms with Crippen LogP contribution in [0.5, 0.6) is 0 Å². The molecule has 0 spiro atoms. The van der Waals surface area contributed by atoms with Crippen molar-refractivity contribution in [3.05, 3.63) is 35.4 Å². The molecule has 1 saturated heterocycles. The molecule has 1 heterocycles. The van der Waals surface area contributed by atoms with Crippen molar-refractivity contribution in [3.63, 3.8) is 0 Å². The van der Waals surface area contributed by atoms with Crippen LogP contribution in [-0.4, -0.2) is 43.5 Å². The quantitative estimate of drug-likeness (QED) is 0.740. The van der Waals surface area contributed by atoms with Gasteiger partial charge in [-0.2, -0.15) is 0 Å². The van der Waals surface area contributed by atoms with Crippen molar-refractivity contribution in [1.82, 2.24) is 10.2 Å². The molecule has 1 aromatic rings. The van der Waals surface area contributed by atoms with Gasteiger partial charge in [0.2, 0.25) is 0 Å². The van der Waals surface area contributed by atoms with E-state index in [4.69, 9.17) is 5.73 Å². The lowest BCUT2D eigenvalue weighted by Gasteiger charge is -2.14. The number of nitrogens with zero attached hydrogens (tertiary/aromatic N) is 1. The molecule has 20 heavy (non-hydrogen) atoms. The van der Waals surface area contributed by atoms with Crippen molar-refractivity contribution >= 4 is 5.91 Å². The van der Waals surface area contributed by atoms with Crippen LogP contribution in [0.3, 0.4) is 0 Å². The first-order valence-electron chi connectivity index (χ1n) is 7.59. The van der Waals surface area contributed by atoms with Crippen molar-refractivity contribution in [2.45, 2.75) is 25.7 Å². The summed E-state index contributed by atoms with van der Waals surface area (Å²) in [4.78, 5) is 14.5. The number of likely N-dealkylation sites (tertiary alicyclic amines) is 1. The highest BCUT2D eigenvalue weighted by Gasteiger charge is 2.11. The molecule has 1 aliphatic rings. The third-order valence-electron chi connectivity index (χ3n) is 3.76. The fraction of sp³-hybridized carbons (Fsp3) is 0.562. The Morgan fingerprint density at radius 2 is 2.10 bits per heavy atom. The predicted molar refractivity (Wildman–Crippen MR) is 81.8 cm³/mol. The Bertz CT molecular complexity index is 427. The van der Waals surface area contributed by atoms with Gasteiger partial charge in [0.25, 0.3) is 5.91 Å². The van der Waals surface area contributed by atoms with E-state index in [0.29, 0.717) is 6.54 Å². The van der Waals surface area contributed by atoms with Crippen molar-refractivity contribution in [1.29, 1.82) is 0 Å². The van der Waals surface area contributed by atoms with E-state index in [-0.39, 0.29) is 5.91 Å². The van der Waals surface area contributed by atoms with E-state index in [9.17, 15) is 4.79 Å². The van der Waals surface area contributed by atoms with Gasteiger partial charge in [-0.1, -0.05) is 12.1 Å². The molecule has 4 heteroatoms. The minimum Gasteiger partial charge on any atom is -0.352 e. The van der Waals surface area contributed by atoms with Crippen LogP contribution in [0.4, 0.5) is 0 Å². The highest BCUT2D eigenvalue weighted by atomic mass is 16.1. The molecule has 1 fully saturated rings. The van der Waals surface area contributed by atoms with Gasteiger partial charge in [0, 0.05) is 12.1 Å². The smallest absolute Gasteiger partial charge is 0.251 e. The Balaban J connectivity index is 1.72. The maximum absolute atomic E-state index is 12.0. The number of benzene rings is 1. The average Bonchev–Trinajstić information content (AvgIpc) is 2.97. The second-order valence-corrected chi connectivity index (χ2v) is 5.40. The third-order valence-corrected chi connectivity index (χ3v) is 3.76. The summed E-state index contributed by atoms with van der Waals surface area (Å²) in [6.45, 7) is 4.88. The third kappa shape index (κ3) is 4.62. The Morgan fingerprint density at radius 3 is 2.85 bits per heavy atom. The van der Waals surface area contributed by atoms with Crippen LogP contribution >= 0.6 is 0 Å². The van der Waals surface area contributed by atoms with Gasteiger partial charge in [-0.15, -0.1) is 0 Å². The fourth-order valence-electron chi connectivity index (χ4n) is 2.65. The first-order chi connectivity index (χ1) is 9.79. The molecule has 1 amide bonds. The molecule has 0 saturated carbocycles. The molecule has 0 atom stereocenters. The molecule has 3 N–H and O–H groups in total. The monoisotopic (exact) mass is 275 g/mol. The zero-order chi connectivity index (χ0) is 14.2. The van der Waals surface area contributed by atoms with Crippen molar-refractivity contribution < 1.29 is 4.79 Å². The Morgan fingerprint density at radius 1 is 1.30 bits per heavy atom. The van der Waals surface area contributed by atoms with Crippen molar-refractivity contribution in [2.24, 2.45) is 5.73 Å². The number of carbonyl (C=O) groups is 1. The highest BCUT2D eigenvalue weighted by Crippen LogP contribution is 2.08. The zero-order valence-corrected chi connectivity index (χ0v) is 12.1. The highest BCUT2D eigenvalue weighted by molar-refractivity contribution is 5.94. The van der Waals surface area contributed by atoms with Crippen LogP contribution in [0.15, 0.2) is 24.3 Å². The second-order valence-electron chi connectivity index (χ2n) is 5.40. The summed E-state index contributed by atoms with van der Waals surface area (Å²) in [5.41, 5.74) is 7.40. The van der Waals surface area contributed by atoms with Crippen LogP contribution < -0.4 is 11.1 Å². The number of hydrogen-bond donors (Lipinski definition) is 2. The molecule has 0 unspecified atom stereocenters. The maximum atomic E-state index is 12.0. The normalized spacial score (nSPS) is 15.4. The summed E-state index contributed by atoms with van der Waals surface area (Å²) in [6, 6.07) is 7.72. The lowest BCUT2D eigenvalue weighted by Crippen LogP contribution is -2.28. The molecule has 0 radical (unpaired) electrons. The van der Waals surface area contributed by atoms with E-state index in [1.807, 2.05) is 24.3 Å². The van der Waals surface area contributed by atoms with Gasteiger partial charge in [-0.25, -0.2) is 0 Å². The van der Waals surface area contributed by atoms with Gasteiger partial charge < -0.3 is 16.0 Å². The van der Waals surface area contributed by atoms with E-state index in [0.717, 1.165) is 37.1 Å². The molecule has 2 rings (SSSR count). The van der Waals surface area contributed by atoms with E-state index >= 15 is 0 Å². The topological polar surface area (TPSA) is 58.4 Å². The number of rotatable bonds is 7. The first kappa shape index (κ1) is 15.0. The molecular weight excluding hydrogens is 250 g/mol. The van der Waals surface area contributed by atoms with Crippen LogP contribution in [0.25, 0.3) is 0 Å². The largest absolute Gasteiger partial charge is 0.352 e. The molecule has 4 nitrogen and oxygen atoms in total. The van der Waals surface area contributed by atoms with E-state index < -0.39 is 0 Å². The minimum atomic E-state index is 0.0188. The minimum absolute atomic E-state index is 0.0188. The summed E-state index contributed by atoms with van der Waals surface area (Å²) in [7, 11) is 0. The molecule has 110 valence electrons. The van der Waals surface area contributed by atoms with Gasteiger partial charge >= 0.3 is 0 Å². The first-order valence-corrected chi connectivity index (χ1v) is 7.59. The summed E-state index contributed by atoms with van der Waals surface area (Å²) in [6.07, 6.45) is 4.48. The van der Waals surface area contributed by atoms with Crippen LogP contribution in [0.1, 0.15) is 35.2 Å². The Kier molecular flexibility index (Phi) is 6.02. The number of nitrogens with one attached hydrogen (secondary N) is 1. The maximum Gasteiger partial charge on any atom is 0.251 e. The summed E-state index contributed by atoms with van der Waals surface area (Å²) < 4.78 is 0. The van der Waals surface area contributed by atoms with Gasteiger partial charge in [-0.05, 0) is 69.6 Å². The standard InChI is InChI=1S/C16H25N3O/c17-8-7-14-5-3-6-15(13-14)16(20)18-9-4-12-19-10-1-2-11-19/h3,5-6,13H,1-2,4,7-12,17H2,(H,18,20). The molecule has 0 aromatic heterocycles. The number of nitrogens with two attached hydrogens (primary N) is 1. The zero-order valence-electron chi connectivity index (χ0n) is 12.1. The van der Waals surface area contributed by atoms with Gasteiger partial charge in [0.05, 0.1) is 0 Å². The van der Waals surface area contributed by atoms with Gasteiger partial charge in [0.1, 0.15) is 0 Å². The van der Waals surface area contributed by atoms with Crippen molar-refractivity contribution in [2.75, 3.05) is 32.7 Å². The molecule has 0 bridgehead atoms. The van der Waals surface area contributed by atoms with Gasteiger partial charge in [-0.3, -0.25) is 4.79 Å². The van der Waals surface area contributed by atoms with E-state index in [1.54, 1.807) is 0 Å². The molecule has 0 aliphatic carbocycles. The molecule has 1 aromatic carbocycles. The number of hydrogen-bond acceptors (Lipinski definition) is 3. The van der Waals surface area contributed by atoms with Gasteiger partial charge in [0.15, 0.2) is 0 Å². The van der Waals surface area contributed by atoms with E-state index in [1.165, 1.54) is 25.9 Å². The predicted octanol–water partition coefficient (Wildman–Crippen LogP) is 1.40. The second kappa shape index (κ2) is 8.02. The van der Waals surface area contributed by atoms with Crippen LogP contribution in [-0.2, 0) is 6.42 Å². The Labute approximate surface area is 121 Å². The molecule has 1 aliphatic heterocycles. The fourth-order valence-corrected chi connectivity index (χ4v) is 2.65. The summed E-state index contributed by atoms with van der Waals surface area (Å²) >= 11 is 0. The van der Waals surface area contributed by atoms with Crippen LogP contribution in [0, 0.1) is 0 Å². The number of amides is 1. The van der Waals surface area contributed by atoms with E-state index in [2.05, 4.69) is 10.2 Å². The summed E-state index contributed by atoms with van der Waals surface area (Å²) in [5.74, 6) is 0.0188. The van der Waals surface area contributed by atoms with Crippen LogP contribution in [0.2, 0.25) is 0 Å².